The highest BCUT2D eigenvalue weighted by molar-refractivity contribution is 14.0. The van der Waals surface area contributed by atoms with Crippen molar-refractivity contribution in [2.75, 3.05) is 20.2 Å². The molecular formula is C20H31IN4O2. The van der Waals surface area contributed by atoms with E-state index in [1.54, 1.807) is 7.11 Å². The predicted molar refractivity (Wildman–Crippen MR) is 120 cm³/mol. The summed E-state index contributed by atoms with van der Waals surface area (Å²) in [4.78, 5) is 4.58. The molecule has 2 rings (SSSR count). The smallest absolute Gasteiger partial charge is 0.191 e. The van der Waals surface area contributed by atoms with Crippen molar-refractivity contribution in [3.05, 3.63) is 46.8 Å². The van der Waals surface area contributed by atoms with Crippen molar-refractivity contribution in [2.45, 2.75) is 46.6 Å². The Bertz CT molecular complexity index is 729. The number of aliphatic imine (C=N–C) groups is 1. The summed E-state index contributed by atoms with van der Waals surface area (Å²) < 4.78 is 10.8. The molecule has 0 unspecified atom stereocenters. The normalized spacial score (nSPS) is 11.3. The van der Waals surface area contributed by atoms with Crippen LogP contribution in [-0.4, -0.2) is 31.3 Å². The van der Waals surface area contributed by atoms with Gasteiger partial charge >= 0.3 is 0 Å². The van der Waals surface area contributed by atoms with Gasteiger partial charge in [0.15, 0.2) is 11.7 Å². The summed E-state index contributed by atoms with van der Waals surface area (Å²) in [5.74, 6) is 2.81. The lowest BCUT2D eigenvalue weighted by molar-refractivity contribution is 0.376. The average Bonchev–Trinajstić information content (AvgIpc) is 3.09. The molecule has 0 fully saturated rings. The Labute approximate surface area is 179 Å². The number of benzene rings is 1. The molecule has 1 heterocycles. The average molecular weight is 486 g/mol. The maximum absolute atomic E-state index is 5.44. The maximum atomic E-state index is 5.44. The van der Waals surface area contributed by atoms with Crippen LogP contribution < -0.4 is 15.4 Å². The zero-order valence-electron chi connectivity index (χ0n) is 16.8. The number of methoxy groups -OCH3 is 1. The third-order valence-corrected chi connectivity index (χ3v) is 4.03. The summed E-state index contributed by atoms with van der Waals surface area (Å²) in [5.41, 5.74) is 3.38. The van der Waals surface area contributed by atoms with E-state index in [0.717, 1.165) is 42.7 Å². The number of ether oxygens (including phenoxy) is 1. The van der Waals surface area contributed by atoms with E-state index < -0.39 is 0 Å². The Morgan fingerprint density at radius 1 is 1.26 bits per heavy atom. The quantitative estimate of drug-likeness (QED) is 0.335. The Hall–Kier alpha value is -1.77. The van der Waals surface area contributed by atoms with Crippen molar-refractivity contribution in [3.63, 3.8) is 0 Å². The number of aryl methyl sites for hydroxylation is 1. The van der Waals surface area contributed by atoms with E-state index in [-0.39, 0.29) is 24.0 Å². The lowest BCUT2D eigenvalue weighted by atomic mass is 10.1. The predicted octanol–water partition coefficient (Wildman–Crippen LogP) is 4.03. The molecule has 0 aliphatic heterocycles. The van der Waals surface area contributed by atoms with Crippen LogP contribution in [0.3, 0.4) is 0 Å². The third-order valence-electron chi connectivity index (χ3n) is 4.03. The van der Waals surface area contributed by atoms with Gasteiger partial charge in [-0.1, -0.05) is 36.7 Å². The van der Waals surface area contributed by atoms with Gasteiger partial charge in [-0.15, -0.1) is 24.0 Å². The van der Waals surface area contributed by atoms with Crippen LogP contribution in [0, 0.1) is 6.92 Å². The SMILES string of the molecule is CCNC(=NCc1cc(C(C)C)no1)NCCc1cc(C)ccc1OC.I. The molecule has 6 nitrogen and oxygen atoms in total. The van der Waals surface area contributed by atoms with Gasteiger partial charge in [0, 0.05) is 19.2 Å². The molecule has 0 spiro atoms. The zero-order valence-corrected chi connectivity index (χ0v) is 19.2. The van der Waals surface area contributed by atoms with E-state index in [4.69, 9.17) is 9.26 Å². The fraction of sp³-hybridized carbons (Fsp3) is 0.500. The first-order chi connectivity index (χ1) is 12.5. The van der Waals surface area contributed by atoms with E-state index in [1.165, 1.54) is 11.1 Å². The molecule has 0 saturated carbocycles. The van der Waals surface area contributed by atoms with Crippen molar-refractivity contribution in [1.29, 1.82) is 0 Å². The van der Waals surface area contributed by atoms with Crippen LogP contribution in [0.5, 0.6) is 5.75 Å². The molecule has 0 radical (unpaired) electrons. The van der Waals surface area contributed by atoms with Crippen LogP contribution in [0.25, 0.3) is 0 Å². The van der Waals surface area contributed by atoms with Crippen molar-refractivity contribution in [1.82, 2.24) is 15.8 Å². The Balaban J connectivity index is 0.00000364. The van der Waals surface area contributed by atoms with Gasteiger partial charge in [0.25, 0.3) is 0 Å². The van der Waals surface area contributed by atoms with Crippen molar-refractivity contribution < 1.29 is 9.26 Å². The Morgan fingerprint density at radius 2 is 2.04 bits per heavy atom. The number of hydrogen-bond acceptors (Lipinski definition) is 4. The maximum Gasteiger partial charge on any atom is 0.191 e. The van der Waals surface area contributed by atoms with Gasteiger partial charge in [-0.25, -0.2) is 4.99 Å². The van der Waals surface area contributed by atoms with Gasteiger partial charge in [0.2, 0.25) is 0 Å². The van der Waals surface area contributed by atoms with E-state index in [9.17, 15) is 0 Å². The van der Waals surface area contributed by atoms with Gasteiger partial charge in [-0.2, -0.15) is 0 Å². The van der Waals surface area contributed by atoms with E-state index in [1.807, 2.05) is 19.1 Å². The largest absolute Gasteiger partial charge is 0.496 e. The first-order valence-corrected chi connectivity index (χ1v) is 9.14. The first kappa shape index (κ1) is 23.3. The fourth-order valence-corrected chi connectivity index (χ4v) is 2.59. The molecule has 2 N–H and O–H groups in total. The molecule has 27 heavy (non-hydrogen) atoms. The monoisotopic (exact) mass is 486 g/mol. The minimum Gasteiger partial charge on any atom is -0.496 e. The highest BCUT2D eigenvalue weighted by Crippen LogP contribution is 2.19. The summed E-state index contributed by atoms with van der Waals surface area (Å²) in [5, 5.41) is 10.7. The second-order valence-corrected chi connectivity index (χ2v) is 6.56. The Morgan fingerprint density at radius 3 is 2.67 bits per heavy atom. The summed E-state index contributed by atoms with van der Waals surface area (Å²) in [6.45, 7) is 10.3. The number of aromatic nitrogens is 1. The van der Waals surface area contributed by atoms with Gasteiger partial charge < -0.3 is 19.9 Å². The molecule has 1 aromatic heterocycles. The van der Waals surface area contributed by atoms with Gasteiger partial charge in [0.05, 0.1) is 12.8 Å². The number of hydrogen-bond donors (Lipinski definition) is 2. The molecule has 0 saturated heterocycles. The summed E-state index contributed by atoms with van der Waals surface area (Å²) >= 11 is 0. The molecule has 0 aliphatic carbocycles. The highest BCUT2D eigenvalue weighted by atomic mass is 127. The molecular weight excluding hydrogens is 455 g/mol. The number of halogens is 1. The standard InChI is InChI=1S/C20H30N4O2.HI/c1-6-21-20(23-13-17-12-18(14(2)3)24-26-17)22-10-9-16-11-15(4)7-8-19(16)25-5;/h7-8,11-12,14H,6,9-10,13H2,1-5H3,(H2,21,22,23);1H. The summed E-state index contributed by atoms with van der Waals surface area (Å²) in [7, 11) is 1.70. The second-order valence-electron chi connectivity index (χ2n) is 6.56. The van der Waals surface area contributed by atoms with Crippen molar-refractivity contribution in [3.8, 4) is 5.75 Å². The number of guanidine groups is 1. The van der Waals surface area contributed by atoms with Gasteiger partial charge in [-0.3, -0.25) is 0 Å². The second kappa shape index (κ2) is 11.8. The van der Waals surface area contributed by atoms with Crippen LogP contribution in [0.4, 0.5) is 0 Å². The lowest BCUT2D eigenvalue weighted by Gasteiger charge is -2.13. The van der Waals surface area contributed by atoms with Gasteiger partial charge in [0.1, 0.15) is 12.3 Å². The molecule has 0 atom stereocenters. The summed E-state index contributed by atoms with van der Waals surface area (Å²) in [6, 6.07) is 8.20. The van der Waals surface area contributed by atoms with Crippen LogP contribution in [-0.2, 0) is 13.0 Å². The number of nitrogens with zero attached hydrogens (tertiary/aromatic N) is 2. The minimum absolute atomic E-state index is 0. The van der Waals surface area contributed by atoms with E-state index in [2.05, 4.69) is 53.7 Å². The van der Waals surface area contributed by atoms with E-state index in [0.29, 0.717) is 12.5 Å². The molecule has 7 heteroatoms. The van der Waals surface area contributed by atoms with Crippen LogP contribution >= 0.6 is 24.0 Å². The van der Waals surface area contributed by atoms with Crippen LogP contribution in [0.1, 0.15) is 49.3 Å². The van der Waals surface area contributed by atoms with Gasteiger partial charge in [-0.05, 0) is 37.8 Å². The van der Waals surface area contributed by atoms with E-state index >= 15 is 0 Å². The summed E-state index contributed by atoms with van der Waals surface area (Å²) in [6.07, 6.45) is 0.856. The third kappa shape index (κ3) is 7.40. The first-order valence-electron chi connectivity index (χ1n) is 9.14. The van der Waals surface area contributed by atoms with Crippen LogP contribution in [0.15, 0.2) is 33.8 Å². The Kier molecular flexibility index (Phi) is 10.2. The van der Waals surface area contributed by atoms with Crippen molar-refractivity contribution >= 4 is 29.9 Å². The minimum atomic E-state index is 0. The lowest BCUT2D eigenvalue weighted by Crippen LogP contribution is -2.38. The molecule has 0 bridgehead atoms. The number of rotatable bonds is 8. The zero-order chi connectivity index (χ0) is 18.9. The van der Waals surface area contributed by atoms with Crippen molar-refractivity contribution in [2.24, 2.45) is 4.99 Å². The van der Waals surface area contributed by atoms with Crippen LogP contribution in [0.2, 0.25) is 0 Å². The number of nitrogens with one attached hydrogen (secondary N) is 2. The highest BCUT2D eigenvalue weighted by Gasteiger charge is 2.08. The molecule has 0 amide bonds. The molecule has 1 aromatic carbocycles. The molecule has 0 aliphatic rings. The fourth-order valence-electron chi connectivity index (χ4n) is 2.59. The molecule has 150 valence electrons. The molecule has 2 aromatic rings. The topological polar surface area (TPSA) is 71.7 Å².